The second-order valence-electron chi connectivity index (χ2n) is 9.22. The van der Waals surface area contributed by atoms with Gasteiger partial charge in [0.1, 0.15) is 22.9 Å². The van der Waals surface area contributed by atoms with Gasteiger partial charge >= 0.3 is 12.7 Å². The van der Waals surface area contributed by atoms with Crippen LogP contribution in [0, 0.1) is 35.1 Å². The predicted octanol–water partition coefficient (Wildman–Crippen LogP) is 8.90. The lowest BCUT2D eigenvalue weighted by Crippen LogP contribution is -2.25. The van der Waals surface area contributed by atoms with Crippen molar-refractivity contribution in [1.29, 1.82) is 0 Å². The van der Waals surface area contributed by atoms with Crippen LogP contribution < -0.4 is 9.47 Å². The van der Waals surface area contributed by atoms with Crippen molar-refractivity contribution in [2.75, 3.05) is 0 Å². The number of hydrogen-bond donors (Lipinski definition) is 0. The summed E-state index contributed by atoms with van der Waals surface area (Å²) in [5, 5.41) is 0. The fourth-order valence-corrected chi connectivity index (χ4v) is 4.72. The number of aryl methyl sites for hydroxylation is 1. The van der Waals surface area contributed by atoms with E-state index in [1.54, 1.807) is 0 Å². The zero-order valence-corrected chi connectivity index (χ0v) is 19.7. The van der Waals surface area contributed by atoms with Gasteiger partial charge in [-0.3, -0.25) is 0 Å². The highest BCUT2D eigenvalue weighted by Gasteiger charge is 2.41. The fraction of sp³-hybridized carbons (Fsp3) is 0.538. The third kappa shape index (κ3) is 7.26. The van der Waals surface area contributed by atoms with Gasteiger partial charge in [0.05, 0.1) is 0 Å². The minimum Gasteiger partial charge on any atom is -0.429 e. The van der Waals surface area contributed by atoms with Crippen LogP contribution in [0.3, 0.4) is 0 Å². The van der Waals surface area contributed by atoms with Crippen molar-refractivity contribution >= 4 is 0 Å². The van der Waals surface area contributed by atoms with E-state index in [1.165, 1.54) is 12.8 Å². The molecule has 0 aromatic heterocycles. The fourth-order valence-electron chi connectivity index (χ4n) is 4.72. The molecule has 1 saturated carbocycles. The first kappa shape index (κ1) is 28.1. The molecule has 0 bridgehead atoms. The summed E-state index contributed by atoms with van der Waals surface area (Å²) in [6.07, 6.45) is 4.21. The minimum atomic E-state index is -4.65. The molecule has 0 spiro atoms. The average Bonchev–Trinajstić information content (AvgIpc) is 2.78. The summed E-state index contributed by atoms with van der Waals surface area (Å²) in [7, 11) is 0. The molecule has 0 radical (unpaired) electrons. The molecule has 0 atom stereocenters. The molecular weight excluding hydrogens is 496 g/mol. The molecule has 1 aliphatic carbocycles. The minimum absolute atomic E-state index is 0.149. The SMILES string of the molecule is CCCCC1CCC(CCc2cc(F)c(C(F)(F)Oc3cc(F)c(OC(F)F)c(F)c3)c(F)c2)CC1. The van der Waals surface area contributed by atoms with Gasteiger partial charge in [-0.15, -0.1) is 0 Å². The monoisotopic (exact) mass is 524 g/mol. The second-order valence-corrected chi connectivity index (χ2v) is 9.22. The lowest BCUT2D eigenvalue weighted by molar-refractivity contribution is -0.189. The van der Waals surface area contributed by atoms with E-state index in [0.29, 0.717) is 24.7 Å². The first-order valence-electron chi connectivity index (χ1n) is 12.0. The van der Waals surface area contributed by atoms with Crippen LogP contribution in [-0.4, -0.2) is 6.61 Å². The normalized spacial score (nSPS) is 18.5. The van der Waals surface area contributed by atoms with Gasteiger partial charge in [0.15, 0.2) is 17.4 Å². The summed E-state index contributed by atoms with van der Waals surface area (Å²) >= 11 is 0. The van der Waals surface area contributed by atoms with E-state index >= 15 is 0 Å². The smallest absolute Gasteiger partial charge is 0.429 e. The third-order valence-corrected chi connectivity index (χ3v) is 6.59. The van der Waals surface area contributed by atoms with Crippen molar-refractivity contribution in [3.8, 4) is 11.5 Å². The molecule has 0 N–H and O–H groups in total. The van der Waals surface area contributed by atoms with E-state index in [1.807, 2.05) is 0 Å². The Kier molecular flexibility index (Phi) is 9.47. The van der Waals surface area contributed by atoms with E-state index in [-0.39, 0.29) is 17.7 Å². The van der Waals surface area contributed by atoms with Crippen molar-refractivity contribution in [2.45, 2.75) is 77.4 Å². The number of halogens is 8. The summed E-state index contributed by atoms with van der Waals surface area (Å²) < 4.78 is 118. The number of rotatable bonds is 11. The van der Waals surface area contributed by atoms with Crippen LogP contribution in [0.4, 0.5) is 35.1 Å². The molecule has 0 aliphatic heterocycles. The first-order chi connectivity index (χ1) is 17.0. The molecule has 10 heteroatoms. The number of benzene rings is 2. The van der Waals surface area contributed by atoms with Gasteiger partial charge in [-0.25, -0.2) is 17.6 Å². The van der Waals surface area contributed by atoms with Crippen LogP contribution in [0.1, 0.15) is 69.4 Å². The molecule has 3 rings (SSSR count). The standard InChI is InChI=1S/C26H28F8O2/c1-2-3-4-15-5-7-16(8-6-15)9-10-17-11-19(27)23(20(28)12-17)26(33,34)36-18-13-21(29)24(22(30)14-18)35-25(31)32/h11-16,25H,2-10H2,1H3. The van der Waals surface area contributed by atoms with Crippen molar-refractivity contribution < 1.29 is 44.6 Å². The molecule has 1 fully saturated rings. The molecule has 36 heavy (non-hydrogen) atoms. The Balaban J connectivity index is 1.66. The van der Waals surface area contributed by atoms with Crippen molar-refractivity contribution in [3.05, 3.63) is 58.7 Å². The number of alkyl halides is 4. The maximum Gasteiger partial charge on any atom is 0.432 e. The van der Waals surface area contributed by atoms with Crippen LogP contribution in [0.2, 0.25) is 0 Å². The molecule has 0 unspecified atom stereocenters. The van der Waals surface area contributed by atoms with Gasteiger partial charge in [-0.05, 0) is 42.4 Å². The summed E-state index contributed by atoms with van der Waals surface area (Å²) in [5.74, 6) is -8.21. The Labute approximate surface area is 204 Å². The van der Waals surface area contributed by atoms with Gasteiger partial charge in [-0.1, -0.05) is 51.9 Å². The van der Waals surface area contributed by atoms with Gasteiger partial charge in [0.25, 0.3) is 0 Å². The van der Waals surface area contributed by atoms with E-state index in [2.05, 4.69) is 16.4 Å². The molecule has 1 aliphatic rings. The average molecular weight is 524 g/mol. The van der Waals surface area contributed by atoms with Crippen LogP contribution in [0.15, 0.2) is 24.3 Å². The maximum atomic E-state index is 14.6. The molecule has 0 saturated heterocycles. The first-order valence-corrected chi connectivity index (χ1v) is 12.0. The van der Waals surface area contributed by atoms with Crippen LogP contribution >= 0.6 is 0 Å². The Morgan fingerprint density at radius 2 is 1.36 bits per heavy atom. The molecule has 0 amide bonds. The Hall–Kier alpha value is -2.52. The molecule has 200 valence electrons. The lowest BCUT2D eigenvalue weighted by atomic mass is 9.78. The van der Waals surface area contributed by atoms with Gasteiger partial charge in [0, 0.05) is 12.1 Å². The zero-order valence-electron chi connectivity index (χ0n) is 19.7. The highest BCUT2D eigenvalue weighted by molar-refractivity contribution is 5.36. The number of ether oxygens (including phenoxy) is 2. The maximum absolute atomic E-state index is 14.6. The predicted molar refractivity (Wildman–Crippen MR) is 117 cm³/mol. The van der Waals surface area contributed by atoms with E-state index in [9.17, 15) is 35.1 Å². The Morgan fingerprint density at radius 3 is 1.86 bits per heavy atom. The Bertz CT molecular complexity index is 973. The number of unbranched alkanes of at least 4 members (excludes halogenated alkanes) is 1. The highest BCUT2D eigenvalue weighted by atomic mass is 19.3. The quantitative estimate of drug-likeness (QED) is 0.273. The van der Waals surface area contributed by atoms with E-state index < -0.39 is 53.1 Å². The van der Waals surface area contributed by atoms with Gasteiger partial charge in [-0.2, -0.15) is 17.6 Å². The third-order valence-electron chi connectivity index (χ3n) is 6.59. The molecule has 2 nitrogen and oxygen atoms in total. The van der Waals surface area contributed by atoms with Crippen molar-refractivity contribution in [1.82, 2.24) is 0 Å². The Morgan fingerprint density at radius 1 is 0.833 bits per heavy atom. The van der Waals surface area contributed by atoms with Gasteiger partial charge in [0.2, 0.25) is 0 Å². The second kappa shape index (κ2) is 12.1. The summed E-state index contributed by atoms with van der Waals surface area (Å²) in [6, 6.07) is 1.89. The van der Waals surface area contributed by atoms with Crippen molar-refractivity contribution in [3.63, 3.8) is 0 Å². The topological polar surface area (TPSA) is 18.5 Å². The summed E-state index contributed by atoms with van der Waals surface area (Å²) in [5.41, 5.74) is -1.51. The van der Waals surface area contributed by atoms with Gasteiger partial charge < -0.3 is 9.47 Å². The van der Waals surface area contributed by atoms with Crippen LogP contribution in [0.5, 0.6) is 11.5 Å². The molecule has 2 aromatic carbocycles. The molecule has 2 aromatic rings. The summed E-state index contributed by atoms with van der Waals surface area (Å²) in [4.78, 5) is 0. The number of hydrogen-bond acceptors (Lipinski definition) is 2. The lowest BCUT2D eigenvalue weighted by Gasteiger charge is -2.28. The highest BCUT2D eigenvalue weighted by Crippen LogP contribution is 2.38. The zero-order chi connectivity index (χ0) is 26.5. The van der Waals surface area contributed by atoms with E-state index in [4.69, 9.17) is 0 Å². The van der Waals surface area contributed by atoms with E-state index in [0.717, 1.165) is 44.2 Å². The van der Waals surface area contributed by atoms with Crippen LogP contribution in [0.25, 0.3) is 0 Å². The largest absolute Gasteiger partial charge is 0.432 e. The molecular formula is C26H28F8O2. The van der Waals surface area contributed by atoms with Crippen molar-refractivity contribution in [2.24, 2.45) is 11.8 Å². The summed E-state index contributed by atoms with van der Waals surface area (Å²) in [6.45, 7) is -1.41. The van der Waals surface area contributed by atoms with Crippen LogP contribution in [-0.2, 0) is 12.5 Å². The molecule has 0 heterocycles.